The van der Waals surface area contributed by atoms with Gasteiger partial charge in [-0.25, -0.2) is 19.2 Å². The van der Waals surface area contributed by atoms with Crippen LogP contribution in [0.25, 0.3) is 0 Å². The zero-order valence-corrected chi connectivity index (χ0v) is 14.6. The summed E-state index contributed by atoms with van der Waals surface area (Å²) in [5.41, 5.74) is -0.465. The fourth-order valence-electron chi connectivity index (χ4n) is 2.70. The highest BCUT2D eigenvalue weighted by Crippen LogP contribution is 2.22. The summed E-state index contributed by atoms with van der Waals surface area (Å²) in [6.45, 7) is 7.59. The van der Waals surface area contributed by atoms with E-state index in [1.165, 1.54) is 0 Å². The summed E-state index contributed by atoms with van der Waals surface area (Å²) >= 11 is 0. The molecule has 1 atom stereocenters. The predicted molar refractivity (Wildman–Crippen MR) is 87.3 cm³/mol. The number of nitrogens with zero attached hydrogens (tertiary/aromatic N) is 3. The minimum absolute atomic E-state index is 0.190. The van der Waals surface area contributed by atoms with Gasteiger partial charge < -0.3 is 14.4 Å². The van der Waals surface area contributed by atoms with Crippen molar-refractivity contribution in [1.82, 2.24) is 14.9 Å². The molecule has 0 aromatic carbocycles. The van der Waals surface area contributed by atoms with E-state index in [0.29, 0.717) is 12.5 Å². The molecule has 0 radical (unpaired) electrons. The van der Waals surface area contributed by atoms with Crippen molar-refractivity contribution >= 4 is 6.09 Å². The van der Waals surface area contributed by atoms with Gasteiger partial charge in [-0.2, -0.15) is 0 Å². The van der Waals surface area contributed by atoms with Crippen LogP contribution in [0.1, 0.15) is 46.5 Å². The average Bonchev–Trinajstić information content (AvgIpc) is 2.52. The lowest BCUT2D eigenvalue weighted by molar-refractivity contribution is 0.0159. The molecule has 1 aliphatic rings. The lowest BCUT2D eigenvalue weighted by atomic mass is 9.94. The molecule has 0 bridgehead atoms. The number of hydrogen-bond acceptors (Lipinski definition) is 5. The molecule has 24 heavy (non-hydrogen) atoms. The van der Waals surface area contributed by atoms with Crippen molar-refractivity contribution in [1.29, 1.82) is 0 Å². The number of ether oxygens (including phenoxy) is 2. The number of carbonyl (C=O) groups is 1. The highest BCUT2D eigenvalue weighted by atomic mass is 19.1. The molecule has 0 saturated carbocycles. The van der Waals surface area contributed by atoms with E-state index in [9.17, 15) is 9.18 Å². The van der Waals surface area contributed by atoms with Gasteiger partial charge in [0, 0.05) is 13.1 Å². The summed E-state index contributed by atoms with van der Waals surface area (Å²) in [6, 6.07) is 0.190. The Hall–Kier alpha value is -1.92. The summed E-state index contributed by atoms with van der Waals surface area (Å²) in [5, 5.41) is 0. The Morgan fingerprint density at radius 1 is 1.38 bits per heavy atom. The van der Waals surface area contributed by atoms with Gasteiger partial charge in [-0.05, 0) is 52.4 Å². The summed E-state index contributed by atoms with van der Waals surface area (Å²) in [5.74, 6) is -0.0317. The first-order chi connectivity index (χ1) is 11.3. The molecule has 0 aliphatic carbocycles. The lowest BCUT2D eigenvalue weighted by Crippen LogP contribution is -2.42. The fourth-order valence-corrected chi connectivity index (χ4v) is 2.70. The molecule has 1 fully saturated rings. The molecule has 1 aromatic heterocycles. The predicted octanol–water partition coefficient (Wildman–Crippen LogP) is 3.42. The molecule has 1 amide bonds. The third-order valence-corrected chi connectivity index (χ3v) is 3.76. The van der Waals surface area contributed by atoms with Crippen LogP contribution in [-0.2, 0) is 4.74 Å². The topological polar surface area (TPSA) is 64.5 Å². The first kappa shape index (κ1) is 18.4. The maximum Gasteiger partial charge on any atom is 0.410 e. The average molecular weight is 339 g/mol. The van der Waals surface area contributed by atoms with E-state index in [1.807, 2.05) is 20.8 Å². The summed E-state index contributed by atoms with van der Waals surface area (Å²) in [7, 11) is 0. The van der Waals surface area contributed by atoms with Crippen LogP contribution >= 0.6 is 0 Å². The molecular weight excluding hydrogens is 313 g/mol. The SMILES string of the molecule is CC(C)(C)OC(=O)N1CCC[C@@H](CCCOc2ncc(F)cn2)C1. The molecule has 6 nitrogen and oxygen atoms in total. The normalized spacial score (nSPS) is 18.3. The van der Waals surface area contributed by atoms with Crippen molar-refractivity contribution in [3.05, 3.63) is 18.2 Å². The van der Waals surface area contributed by atoms with Crippen molar-refractivity contribution in [3.63, 3.8) is 0 Å². The Morgan fingerprint density at radius 3 is 2.75 bits per heavy atom. The van der Waals surface area contributed by atoms with Crippen molar-refractivity contribution < 1.29 is 18.7 Å². The number of aromatic nitrogens is 2. The molecular formula is C17H26FN3O3. The van der Waals surface area contributed by atoms with Crippen molar-refractivity contribution in [2.24, 2.45) is 5.92 Å². The van der Waals surface area contributed by atoms with E-state index in [-0.39, 0.29) is 12.1 Å². The van der Waals surface area contributed by atoms with Gasteiger partial charge in [-0.3, -0.25) is 0 Å². The first-order valence-corrected chi connectivity index (χ1v) is 8.42. The lowest BCUT2D eigenvalue weighted by Gasteiger charge is -2.34. The highest BCUT2D eigenvalue weighted by Gasteiger charge is 2.27. The van der Waals surface area contributed by atoms with Gasteiger partial charge in [-0.1, -0.05) is 0 Å². The van der Waals surface area contributed by atoms with E-state index in [4.69, 9.17) is 9.47 Å². The van der Waals surface area contributed by atoms with E-state index < -0.39 is 11.4 Å². The molecule has 1 saturated heterocycles. The highest BCUT2D eigenvalue weighted by molar-refractivity contribution is 5.68. The maximum absolute atomic E-state index is 12.7. The number of carbonyl (C=O) groups excluding carboxylic acids is 1. The molecule has 2 heterocycles. The number of amides is 1. The third kappa shape index (κ3) is 6.29. The number of rotatable bonds is 5. The Bertz CT molecular complexity index is 531. The Morgan fingerprint density at radius 2 is 2.08 bits per heavy atom. The van der Waals surface area contributed by atoms with Crippen molar-refractivity contribution in [2.75, 3.05) is 19.7 Å². The minimum Gasteiger partial charge on any atom is -0.463 e. The molecule has 0 N–H and O–H groups in total. The maximum atomic E-state index is 12.7. The van der Waals surface area contributed by atoms with Gasteiger partial charge in [0.15, 0.2) is 5.82 Å². The molecule has 2 rings (SSSR count). The molecule has 0 spiro atoms. The smallest absolute Gasteiger partial charge is 0.410 e. The van der Waals surface area contributed by atoms with Gasteiger partial charge in [0.25, 0.3) is 0 Å². The van der Waals surface area contributed by atoms with Crippen LogP contribution in [0.15, 0.2) is 12.4 Å². The van der Waals surface area contributed by atoms with Gasteiger partial charge in [0.2, 0.25) is 0 Å². The molecule has 1 aliphatic heterocycles. The van der Waals surface area contributed by atoms with Crippen LogP contribution in [0.2, 0.25) is 0 Å². The number of likely N-dealkylation sites (tertiary alicyclic amines) is 1. The van der Waals surface area contributed by atoms with Crippen LogP contribution in [0.3, 0.4) is 0 Å². The monoisotopic (exact) mass is 339 g/mol. The van der Waals surface area contributed by atoms with Crippen LogP contribution in [0, 0.1) is 11.7 Å². The second kappa shape index (κ2) is 8.26. The zero-order chi connectivity index (χ0) is 17.6. The second-order valence-electron chi connectivity index (χ2n) is 7.11. The third-order valence-electron chi connectivity index (χ3n) is 3.76. The van der Waals surface area contributed by atoms with Crippen LogP contribution in [0.5, 0.6) is 6.01 Å². The Labute approximate surface area is 142 Å². The number of hydrogen-bond donors (Lipinski definition) is 0. The summed E-state index contributed by atoms with van der Waals surface area (Å²) < 4.78 is 23.5. The largest absolute Gasteiger partial charge is 0.463 e. The Balaban J connectivity index is 1.69. The Kier molecular flexibility index (Phi) is 6.34. The fraction of sp³-hybridized carbons (Fsp3) is 0.706. The number of piperidine rings is 1. The van der Waals surface area contributed by atoms with Crippen LogP contribution in [0.4, 0.5) is 9.18 Å². The van der Waals surface area contributed by atoms with E-state index in [0.717, 1.165) is 51.2 Å². The van der Waals surface area contributed by atoms with Gasteiger partial charge in [-0.15, -0.1) is 0 Å². The quantitative estimate of drug-likeness (QED) is 0.769. The molecule has 0 unspecified atom stereocenters. The van der Waals surface area contributed by atoms with Crippen molar-refractivity contribution in [3.8, 4) is 6.01 Å². The first-order valence-electron chi connectivity index (χ1n) is 8.42. The standard InChI is InChI=1S/C17H26FN3O3/c1-17(2,3)24-16(22)21-8-4-6-13(12-21)7-5-9-23-15-19-10-14(18)11-20-15/h10-11,13H,4-9,12H2,1-3H3/t13-/m0/s1. The van der Waals surface area contributed by atoms with Crippen LogP contribution in [-0.4, -0.2) is 46.3 Å². The van der Waals surface area contributed by atoms with Gasteiger partial charge in [0.05, 0.1) is 19.0 Å². The molecule has 134 valence electrons. The number of halogens is 1. The van der Waals surface area contributed by atoms with Crippen molar-refractivity contribution in [2.45, 2.75) is 52.1 Å². The van der Waals surface area contributed by atoms with E-state index in [1.54, 1.807) is 4.90 Å². The summed E-state index contributed by atoms with van der Waals surface area (Å²) in [4.78, 5) is 21.4. The second-order valence-corrected chi connectivity index (χ2v) is 7.11. The molecule has 1 aromatic rings. The van der Waals surface area contributed by atoms with E-state index >= 15 is 0 Å². The zero-order valence-electron chi connectivity index (χ0n) is 14.6. The van der Waals surface area contributed by atoms with Gasteiger partial charge in [0.1, 0.15) is 5.60 Å². The minimum atomic E-state index is -0.480. The molecule has 7 heteroatoms. The van der Waals surface area contributed by atoms with Gasteiger partial charge >= 0.3 is 12.1 Å². The van der Waals surface area contributed by atoms with E-state index in [2.05, 4.69) is 9.97 Å². The van der Waals surface area contributed by atoms with Crippen LogP contribution < -0.4 is 4.74 Å². The summed E-state index contributed by atoms with van der Waals surface area (Å²) in [6.07, 6.45) is 5.83.